The number of carbonyl (C=O) groups excluding carboxylic acids is 4. The number of rotatable bonds is 9. The third kappa shape index (κ3) is 5.20. The summed E-state index contributed by atoms with van der Waals surface area (Å²) in [6.45, 7) is 3.60. The highest BCUT2D eigenvalue weighted by molar-refractivity contribution is 6.04. The molecule has 1 aliphatic heterocycles. The fourth-order valence-electron chi connectivity index (χ4n) is 3.66. The maximum atomic E-state index is 12.6. The molecule has 0 N–H and O–H groups in total. The summed E-state index contributed by atoms with van der Waals surface area (Å²) in [7, 11) is 1.63. The smallest absolute Gasteiger partial charge is 0.326 e. The number of likely N-dealkylation sites (tertiary alicyclic amines) is 1. The molecule has 0 atom stereocenters. The molecule has 0 unspecified atom stereocenters. The van der Waals surface area contributed by atoms with Crippen LogP contribution >= 0.6 is 0 Å². The minimum absolute atomic E-state index is 0.105. The second-order valence-corrected chi connectivity index (χ2v) is 7.49. The van der Waals surface area contributed by atoms with Gasteiger partial charge in [0.2, 0.25) is 17.6 Å². The Kier molecular flexibility index (Phi) is 6.89. The van der Waals surface area contributed by atoms with Gasteiger partial charge in [-0.15, -0.1) is 0 Å². The van der Waals surface area contributed by atoms with E-state index in [0.717, 1.165) is 34.0 Å². The van der Waals surface area contributed by atoms with E-state index in [2.05, 4.69) is 4.57 Å². The number of nitrogens with zero attached hydrogens (tertiary/aromatic N) is 2. The molecule has 1 saturated heterocycles. The van der Waals surface area contributed by atoms with Crippen molar-refractivity contribution in [3.05, 3.63) is 52.8 Å². The van der Waals surface area contributed by atoms with Crippen LogP contribution in [-0.4, -0.2) is 53.3 Å². The minimum Gasteiger partial charge on any atom is -0.497 e. The molecule has 2 aromatic rings. The Morgan fingerprint density at radius 2 is 1.68 bits per heavy atom. The molecule has 2 amide bonds. The topological polar surface area (TPSA) is 94.9 Å². The van der Waals surface area contributed by atoms with Gasteiger partial charge in [0.25, 0.3) is 0 Å². The summed E-state index contributed by atoms with van der Waals surface area (Å²) in [5, 5.41) is 0. The molecule has 31 heavy (non-hydrogen) atoms. The first-order valence-electron chi connectivity index (χ1n) is 10.1. The Balaban J connectivity index is 1.57. The zero-order valence-electron chi connectivity index (χ0n) is 18.0. The molecule has 0 spiro atoms. The molecule has 1 fully saturated rings. The van der Waals surface area contributed by atoms with Gasteiger partial charge in [-0.2, -0.15) is 0 Å². The van der Waals surface area contributed by atoms with Crippen LogP contribution in [0.1, 0.15) is 40.2 Å². The number of ether oxygens (including phenoxy) is 2. The number of hydrogen-bond donors (Lipinski definition) is 0. The van der Waals surface area contributed by atoms with Crippen molar-refractivity contribution in [2.24, 2.45) is 0 Å². The minimum atomic E-state index is -0.773. The summed E-state index contributed by atoms with van der Waals surface area (Å²) >= 11 is 0. The summed E-state index contributed by atoms with van der Waals surface area (Å²) in [5.41, 5.74) is 3.39. The number of esters is 1. The van der Waals surface area contributed by atoms with Gasteiger partial charge < -0.3 is 14.0 Å². The third-order valence-corrected chi connectivity index (χ3v) is 5.46. The van der Waals surface area contributed by atoms with E-state index in [-0.39, 0.29) is 18.6 Å². The highest BCUT2D eigenvalue weighted by Gasteiger charge is 2.31. The zero-order chi connectivity index (χ0) is 22.5. The van der Waals surface area contributed by atoms with Gasteiger partial charge in [0.1, 0.15) is 12.3 Å². The van der Waals surface area contributed by atoms with Gasteiger partial charge in [-0.1, -0.05) is 12.1 Å². The first-order valence-corrected chi connectivity index (χ1v) is 10.1. The molecule has 164 valence electrons. The van der Waals surface area contributed by atoms with Crippen molar-refractivity contribution in [2.75, 3.05) is 20.3 Å². The van der Waals surface area contributed by atoms with Crippen molar-refractivity contribution in [3.8, 4) is 5.75 Å². The number of imide groups is 1. The second-order valence-electron chi connectivity index (χ2n) is 7.49. The molecule has 0 bridgehead atoms. The predicted octanol–water partition coefficient (Wildman–Crippen LogP) is 2.23. The average molecular weight is 426 g/mol. The van der Waals surface area contributed by atoms with Gasteiger partial charge >= 0.3 is 5.97 Å². The van der Waals surface area contributed by atoms with Crippen molar-refractivity contribution >= 4 is 23.6 Å². The Hall–Kier alpha value is -3.42. The molecule has 8 heteroatoms. The van der Waals surface area contributed by atoms with E-state index < -0.39 is 30.9 Å². The van der Waals surface area contributed by atoms with Crippen molar-refractivity contribution in [1.82, 2.24) is 9.47 Å². The van der Waals surface area contributed by atoms with Gasteiger partial charge in [-0.3, -0.25) is 24.1 Å². The number of hydrogen-bond acceptors (Lipinski definition) is 6. The Bertz CT molecular complexity index is 990. The van der Waals surface area contributed by atoms with E-state index in [1.54, 1.807) is 13.2 Å². The van der Waals surface area contributed by atoms with Gasteiger partial charge in [0, 0.05) is 36.3 Å². The van der Waals surface area contributed by atoms with Crippen LogP contribution in [0, 0.1) is 13.8 Å². The number of ketones is 1. The highest BCUT2D eigenvalue weighted by Crippen LogP contribution is 2.18. The van der Waals surface area contributed by atoms with E-state index >= 15 is 0 Å². The van der Waals surface area contributed by atoms with E-state index in [1.165, 1.54) is 0 Å². The van der Waals surface area contributed by atoms with Crippen molar-refractivity contribution in [1.29, 1.82) is 0 Å². The molecular formula is C23H26N2O6. The first kappa shape index (κ1) is 22.3. The largest absolute Gasteiger partial charge is 0.497 e. The molecule has 0 radical (unpaired) electrons. The number of amides is 2. The number of aryl methyl sites for hydroxylation is 2. The van der Waals surface area contributed by atoms with Crippen LogP contribution < -0.4 is 4.74 Å². The highest BCUT2D eigenvalue weighted by atomic mass is 16.5. The van der Waals surface area contributed by atoms with E-state index in [9.17, 15) is 19.2 Å². The SMILES string of the molecule is COc1ccc(CCn2c(C)cc(C(=O)COC(=O)CN3C(=O)CCC3=O)c2C)cc1. The van der Waals surface area contributed by atoms with Crippen LogP contribution in [0.3, 0.4) is 0 Å². The molecule has 1 aromatic heterocycles. The number of benzene rings is 1. The summed E-state index contributed by atoms with van der Waals surface area (Å²) in [5.74, 6) is -1.08. The molecule has 8 nitrogen and oxygen atoms in total. The Labute approximate surface area is 180 Å². The molecule has 3 rings (SSSR count). The quantitative estimate of drug-likeness (QED) is 0.347. The van der Waals surface area contributed by atoms with Crippen molar-refractivity contribution in [3.63, 3.8) is 0 Å². The van der Waals surface area contributed by atoms with Crippen molar-refractivity contribution in [2.45, 2.75) is 39.7 Å². The van der Waals surface area contributed by atoms with E-state index in [0.29, 0.717) is 12.1 Å². The summed E-state index contributed by atoms with van der Waals surface area (Å²) in [6, 6.07) is 9.63. The van der Waals surface area contributed by atoms with Gasteiger partial charge in [-0.05, 0) is 44.0 Å². The Morgan fingerprint density at radius 3 is 2.29 bits per heavy atom. The van der Waals surface area contributed by atoms with Gasteiger partial charge in [0.05, 0.1) is 7.11 Å². The lowest BCUT2D eigenvalue weighted by Gasteiger charge is -2.12. The van der Waals surface area contributed by atoms with E-state index in [1.807, 2.05) is 38.1 Å². The first-order chi connectivity index (χ1) is 14.8. The van der Waals surface area contributed by atoms with Crippen LogP contribution in [0.15, 0.2) is 30.3 Å². The summed E-state index contributed by atoms with van der Waals surface area (Å²) < 4.78 is 12.2. The van der Waals surface area contributed by atoms with Crippen LogP contribution in [0.5, 0.6) is 5.75 Å². The van der Waals surface area contributed by atoms with Crippen LogP contribution in [0.25, 0.3) is 0 Å². The van der Waals surface area contributed by atoms with E-state index in [4.69, 9.17) is 9.47 Å². The van der Waals surface area contributed by atoms with Crippen LogP contribution in [0.2, 0.25) is 0 Å². The van der Waals surface area contributed by atoms with Crippen LogP contribution in [-0.2, 0) is 32.1 Å². The molecule has 0 saturated carbocycles. The lowest BCUT2D eigenvalue weighted by Crippen LogP contribution is -2.35. The Morgan fingerprint density at radius 1 is 1.03 bits per heavy atom. The van der Waals surface area contributed by atoms with Crippen LogP contribution in [0.4, 0.5) is 0 Å². The monoisotopic (exact) mass is 426 g/mol. The maximum Gasteiger partial charge on any atom is 0.326 e. The maximum absolute atomic E-state index is 12.6. The lowest BCUT2D eigenvalue weighted by atomic mass is 10.1. The third-order valence-electron chi connectivity index (χ3n) is 5.46. The van der Waals surface area contributed by atoms with Gasteiger partial charge in [-0.25, -0.2) is 0 Å². The standard InChI is InChI=1S/C23H26N2O6/c1-15-12-19(16(2)24(15)11-10-17-4-6-18(30-3)7-5-17)20(26)14-31-23(29)13-25-21(27)8-9-22(25)28/h4-7,12H,8-11,13-14H2,1-3H3. The number of aromatic nitrogens is 1. The number of carbonyl (C=O) groups is 4. The fourth-order valence-corrected chi connectivity index (χ4v) is 3.66. The fraction of sp³-hybridized carbons (Fsp3) is 0.391. The lowest BCUT2D eigenvalue weighted by molar-refractivity contribution is -0.151. The van der Waals surface area contributed by atoms with Crippen molar-refractivity contribution < 1.29 is 28.7 Å². The molecule has 1 aromatic carbocycles. The molecule has 0 aliphatic carbocycles. The normalized spacial score (nSPS) is 13.6. The second kappa shape index (κ2) is 9.59. The average Bonchev–Trinajstić information content (AvgIpc) is 3.23. The molecule has 2 heterocycles. The number of Topliss-reactive ketones (excluding diaryl/α,β-unsaturated/α-hetero) is 1. The summed E-state index contributed by atoms with van der Waals surface area (Å²) in [4.78, 5) is 48.6. The predicted molar refractivity (Wildman–Crippen MR) is 112 cm³/mol. The summed E-state index contributed by atoms with van der Waals surface area (Å²) in [6.07, 6.45) is 1.00. The van der Waals surface area contributed by atoms with Gasteiger partial charge in [0.15, 0.2) is 6.61 Å². The number of methoxy groups -OCH3 is 1. The molecule has 1 aliphatic rings. The molecular weight excluding hydrogens is 400 g/mol. The zero-order valence-corrected chi connectivity index (χ0v) is 18.0.